The summed E-state index contributed by atoms with van der Waals surface area (Å²) in [6, 6.07) is 7.92. The van der Waals surface area contributed by atoms with Crippen LogP contribution in [0.4, 0.5) is 10.2 Å². The Morgan fingerprint density at radius 2 is 1.53 bits per heavy atom. The number of aromatic nitrogens is 3. The Balaban J connectivity index is 1.35. The Morgan fingerprint density at radius 3 is 2.15 bits per heavy atom. The van der Waals surface area contributed by atoms with Crippen molar-refractivity contribution in [1.29, 1.82) is 5.26 Å². The summed E-state index contributed by atoms with van der Waals surface area (Å²) in [7, 11) is -2.34. The first-order valence-corrected chi connectivity index (χ1v) is 22.7. The maximum Gasteiger partial charge on any atom is 0.330 e. The van der Waals surface area contributed by atoms with E-state index < -0.39 is 37.8 Å². The molecule has 0 aliphatic heterocycles. The van der Waals surface area contributed by atoms with Crippen LogP contribution in [-0.4, -0.2) is 68.9 Å². The lowest BCUT2D eigenvalue weighted by atomic mass is 10.0. The lowest BCUT2D eigenvalue weighted by Crippen LogP contribution is -2.26. The molecule has 4 atom stereocenters. The summed E-state index contributed by atoms with van der Waals surface area (Å²) in [5, 5.41) is 13.4. The molecule has 12 nitrogen and oxygen atoms in total. The molecule has 0 aliphatic rings. The predicted molar refractivity (Wildman–Crippen MR) is 215 cm³/mol. The first kappa shape index (κ1) is 46.8. The topological polar surface area (TPSA) is 169 Å². The average molecular weight is 808 g/mol. The van der Waals surface area contributed by atoms with E-state index >= 15 is 0 Å². The molecule has 55 heavy (non-hydrogen) atoms. The van der Waals surface area contributed by atoms with Crippen LogP contribution in [0.3, 0.4) is 0 Å². The Kier molecular flexibility index (Phi) is 24.4. The molecule has 0 saturated heterocycles. The molecule has 4 unspecified atom stereocenters. The monoisotopic (exact) mass is 807 g/mol. The minimum Gasteiger partial charge on any atom is -0.612 e. The van der Waals surface area contributed by atoms with Gasteiger partial charge in [0.05, 0.1) is 26.4 Å². The van der Waals surface area contributed by atoms with Gasteiger partial charge in [-0.3, -0.25) is 0 Å². The van der Waals surface area contributed by atoms with Crippen molar-refractivity contribution >= 4 is 31.1 Å². The summed E-state index contributed by atoms with van der Waals surface area (Å²) in [6.07, 6.45) is 25.0. The van der Waals surface area contributed by atoms with E-state index in [2.05, 4.69) is 17.0 Å². The van der Waals surface area contributed by atoms with Crippen molar-refractivity contribution in [2.24, 2.45) is 0 Å². The highest BCUT2D eigenvalue weighted by Crippen LogP contribution is 2.34. The fourth-order valence-corrected chi connectivity index (χ4v) is 7.54. The maximum atomic E-state index is 14.2. The van der Waals surface area contributed by atoms with Crippen LogP contribution in [0, 0.1) is 17.3 Å². The number of benzene rings is 1. The third-order valence-corrected chi connectivity index (χ3v) is 11.1. The van der Waals surface area contributed by atoms with Crippen molar-refractivity contribution in [1.82, 2.24) is 14.6 Å². The first-order chi connectivity index (χ1) is 26.8. The number of nitrogen functional groups attached to an aromatic ring is 1. The lowest BCUT2D eigenvalue weighted by molar-refractivity contribution is -0.0486. The van der Waals surface area contributed by atoms with E-state index in [9.17, 15) is 19.1 Å². The van der Waals surface area contributed by atoms with Crippen LogP contribution in [0.25, 0.3) is 5.52 Å². The Bertz CT molecular complexity index is 1500. The maximum absolute atomic E-state index is 14.2. The van der Waals surface area contributed by atoms with E-state index in [1.165, 1.54) is 115 Å². The van der Waals surface area contributed by atoms with Gasteiger partial charge in [0.15, 0.2) is 10.7 Å². The summed E-state index contributed by atoms with van der Waals surface area (Å²) >= 11 is -1.35. The van der Waals surface area contributed by atoms with Crippen LogP contribution in [-0.2, 0) is 47.5 Å². The second-order valence-corrected chi connectivity index (χ2v) is 16.4. The predicted octanol–water partition coefficient (Wildman–Crippen LogP) is 9.10. The van der Waals surface area contributed by atoms with E-state index in [1.54, 1.807) is 16.8 Å². The fourth-order valence-electron chi connectivity index (χ4n) is 6.28. The van der Waals surface area contributed by atoms with Crippen molar-refractivity contribution in [2.45, 2.75) is 146 Å². The van der Waals surface area contributed by atoms with Crippen molar-refractivity contribution in [3.8, 4) is 6.26 Å². The molecule has 15 heteroatoms. The number of unbranched alkanes of at least 4 members (excludes halogenated alkanes) is 15. The molecule has 0 bridgehead atoms. The highest BCUT2D eigenvalue weighted by molar-refractivity contribution is 7.90. The molecule has 0 saturated carbocycles. The van der Waals surface area contributed by atoms with Gasteiger partial charge in [-0.2, -0.15) is 10.4 Å². The molecule has 0 radical (unpaired) electrons. The Hall–Kier alpha value is -2.60. The van der Waals surface area contributed by atoms with Gasteiger partial charge in [0.1, 0.15) is 36.1 Å². The van der Waals surface area contributed by atoms with Crippen LogP contribution >= 0.6 is 8.60 Å². The van der Waals surface area contributed by atoms with Crippen LogP contribution in [0.2, 0.25) is 0 Å². The largest absolute Gasteiger partial charge is 0.612 e. The number of nitriles is 1. The summed E-state index contributed by atoms with van der Waals surface area (Å²) in [6.45, 7) is 2.92. The van der Waals surface area contributed by atoms with Crippen LogP contribution in [0.15, 0.2) is 41.6 Å². The lowest BCUT2D eigenvalue weighted by Gasteiger charge is -2.21. The SMILES string of the molecule is CCCCCCCCCCCCCCCCCCOCC(COP(O)OCC(CCc1ccc2c(N)ncnn12)OC#N)OCc1cc(F)cc([S+](C)[O-])c1. The zero-order valence-corrected chi connectivity index (χ0v) is 34.6. The number of rotatable bonds is 33. The van der Waals surface area contributed by atoms with E-state index in [0.29, 0.717) is 41.2 Å². The van der Waals surface area contributed by atoms with Gasteiger partial charge < -0.3 is 38.4 Å². The molecule has 3 aromatic rings. The van der Waals surface area contributed by atoms with Crippen LogP contribution < -0.4 is 5.73 Å². The zero-order chi connectivity index (χ0) is 39.5. The molecule has 308 valence electrons. The molecule has 1 aromatic carbocycles. The van der Waals surface area contributed by atoms with Crippen molar-refractivity contribution < 1.29 is 37.1 Å². The number of anilines is 1. The number of ether oxygens (including phenoxy) is 3. The van der Waals surface area contributed by atoms with Gasteiger partial charge in [0.2, 0.25) is 0 Å². The number of hydrogen-bond donors (Lipinski definition) is 2. The second kappa shape index (κ2) is 28.7. The minimum absolute atomic E-state index is 0.0334. The van der Waals surface area contributed by atoms with Crippen molar-refractivity contribution in [3.05, 3.63) is 53.7 Å². The number of aryl methyl sites for hydroxylation is 1. The molecular weight excluding hydrogens is 745 g/mol. The van der Waals surface area contributed by atoms with Gasteiger partial charge in [-0.1, -0.05) is 103 Å². The molecule has 2 aromatic heterocycles. The van der Waals surface area contributed by atoms with Crippen LogP contribution in [0.5, 0.6) is 0 Å². The fraction of sp³-hybridized carbons (Fsp3) is 0.675. The smallest absolute Gasteiger partial charge is 0.330 e. The Labute approximate surface area is 331 Å². The Morgan fingerprint density at radius 1 is 0.909 bits per heavy atom. The van der Waals surface area contributed by atoms with Gasteiger partial charge in [-0.25, -0.2) is 13.9 Å². The number of nitrogens with two attached hydrogens (primary N) is 1. The first-order valence-electron chi connectivity index (χ1n) is 20.0. The standard InChI is InChI=1S/C40H63FN5O7PS/c1-3-4-5-6-7-8-9-10-11-12-13-14-15-16-17-18-23-49-28-37(50-27-33-24-34(41)26-38(25-33)55(2)48)30-53-54(47)52-29-36(51-31-42)21-19-35-20-22-39-40(43)44-32-45-46(35)39/h20,22,24-26,32,36-37,47H,3-19,21,23,27-30H2,1-2H3,(H2,43,44,45). The van der Waals surface area contributed by atoms with Crippen LogP contribution in [0.1, 0.15) is 127 Å². The third kappa shape index (κ3) is 19.9. The molecule has 0 aliphatic carbocycles. The molecule has 3 N–H and O–H groups in total. The zero-order valence-electron chi connectivity index (χ0n) is 32.9. The molecular formula is C40H63FN5O7PS. The number of nitrogens with zero attached hydrogens (tertiary/aromatic N) is 4. The van der Waals surface area contributed by atoms with Gasteiger partial charge in [0, 0.05) is 18.4 Å². The van der Waals surface area contributed by atoms with Crippen molar-refractivity contribution in [2.75, 3.05) is 38.4 Å². The number of halogens is 1. The molecule has 0 amide bonds. The molecule has 0 spiro atoms. The van der Waals surface area contributed by atoms with Gasteiger partial charge in [-0.15, -0.1) is 0 Å². The molecule has 2 heterocycles. The third-order valence-electron chi connectivity index (χ3n) is 9.44. The minimum atomic E-state index is -2.34. The molecule has 0 fully saturated rings. The number of fused-ring (bicyclic) bond motifs is 1. The van der Waals surface area contributed by atoms with Gasteiger partial charge >= 0.3 is 8.60 Å². The molecule has 3 rings (SSSR count). The van der Waals surface area contributed by atoms with E-state index in [0.717, 1.165) is 18.5 Å². The van der Waals surface area contributed by atoms with E-state index in [4.69, 9.17) is 29.0 Å². The second-order valence-electron chi connectivity index (χ2n) is 14.0. The average Bonchev–Trinajstić information content (AvgIpc) is 3.60. The normalized spacial score (nSPS) is 13.8. The highest BCUT2D eigenvalue weighted by Gasteiger charge is 2.20. The summed E-state index contributed by atoms with van der Waals surface area (Å²) < 4.78 is 56.1. The highest BCUT2D eigenvalue weighted by atomic mass is 32.2. The van der Waals surface area contributed by atoms with E-state index in [-0.39, 0.29) is 26.4 Å². The summed E-state index contributed by atoms with van der Waals surface area (Å²) in [5.41, 5.74) is 7.99. The van der Waals surface area contributed by atoms with Gasteiger partial charge in [0.25, 0.3) is 6.26 Å². The quantitative estimate of drug-likeness (QED) is 0.0261. The van der Waals surface area contributed by atoms with E-state index in [1.807, 2.05) is 12.1 Å². The van der Waals surface area contributed by atoms with Gasteiger partial charge in [-0.05, 0) is 60.3 Å². The van der Waals surface area contributed by atoms with Crippen molar-refractivity contribution in [3.63, 3.8) is 0 Å². The summed E-state index contributed by atoms with van der Waals surface area (Å²) in [5.74, 6) is -0.133. The number of hydrogen-bond acceptors (Lipinski definition) is 11. The summed E-state index contributed by atoms with van der Waals surface area (Å²) in [4.78, 5) is 14.9.